The first-order chi connectivity index (χ1) is 9.24. The molecule has 100 valence electrons. The zero-order chi connectivity index (χ0) is 13.2. The summed E-state index contributed by atoms with van der Waals surface area (Å²) in [6.45, 7) is 1.34. The molecule has 2 aromatic rings. The van der Waals surface area contributed by atoms with Crippen LogP contribution in [0.15, 0.2) is 34.9 Å². The first kappa shape index (κ1) is 12.0. The molecule has 3 rings (SSSR count). The maximum Gasteiger partial charge on any atom is 0.321 e. The van der Waals surface area contributed by atoms with Crippen LogP contribution in [0.5, 0.6) is 0 Å². The van der Waals surface area contributed by atoms with Crippen LogP contribution in [-0.2, 0) is 4.74 Å². The van der Waals surface area contributed by atoms with Crippen molar-refractivity contribution in [2.24, 2.45) is 0 Å². The van der Waals surface area contributed by atoms with Gasteiger partial charge in [-0.05, 0) is 24.6 Å². The van der Waals surface area contributed by atoms with Crippen LogP contribution in [-0.4, -0.2) is 37.2 Å². The Morgan fingerprint density at radius 2 is 2.32 bits per heavy atom. The average molecular weight is 260 g/mol. The molecule has 2 amide bonds. The Kier molecular flexibility index (Phi) is 3.13. The maximum atomic E-state index is 12.1. The fourth-order valence-corrected chi connectivity index (χ4v) is 2.24. The van der Waals surface area contributed by atoms with E-state index in [1.54, 1.807) is 18.2 Å². The van der Waals surface area contributed by atoms with Gasteiger partial charge in [0.2, 0.25) is 0 Å². The van der Waals surface area contributed by atoms with Gasteiger partial charge in [-0.25, -0.2) is 4.79 Å². The van der Waals surface area contributed by atoms with E-state index < -0.39 is 0 Å². The van der Waals surface area contributed by atoms with Crippen molar-refractivity contribution in [3.8, 4) is 0 Å². The zero-order valence-electron chi connectivity index (χ0n) is 10.8. The van der Waals surface area contributed by atoms with Gasteiger partial charge >= 0.3 is 6.03 Å². The molecule has 5 heteroatoms. The number of carbonyl (C=O) groups excluding carboxylic acids is 1. The van der Waals surface area contributed by atoms with E-state index in [4.69, 9.17) is 9.15 Å². The van der Waals surface area contributed by atoms with E-state index in [0.29, 0.717) is 6.61 Å². The highest BCUT2D eigenvalue weighted by atomic mass is 16.5. The van der Waals surface area contributed by atoms with Gasteiger partial charge in [-0.3, -0.25) is 0 Å². The number of anilines is 1. The summed E-state index contributed by atoms with van der Waals surface area (Å²) in [6.07, 6.45) is 2.53. The number of fused-ring (bicyclic) bond motifs is 1. The van der Waals surface area contributed by atoms with Crippen molar-refractivity contribution in [3.63, 3.8) is 0 Å². The third-order valence-electron chi connectivity index (χ3n) is 3.48. The number of amides is 2. The molecule has 0 spiro atoms. The van der Waals surface area contributed by atoms with E-state index >= 15 is 0 Å². The highest BCUT2D eigenvalue weighted by molar-refractivity contribution is 5.92. The Bertz CT molecular complexity index is 587. The van der Waals surface area contributed by atoms with Crippen molar-refractivity contribution in [2.45, 2.75) is 12.5 Å². The molecule has 19 heavy (non-hydrogen) atoms. The average Bonchev–Trinajstić information content (AvgIpc) is 3.08. The molecular weight excluding hydrogens is 244 g/mol. The van der Waals surface area contributed by atoms with Crippen molar-refractivity contribution < 1.29 is 13.9 Å². The second kappa shape index (κ2) is 4.93. The number of nitrogens with one attached hydrogen (secondary N) is 1. The van der Waals surface area contributed by atoms with Gasteiger partial charge in [0, 0.05) is 30.8 Å². The van der Waals surface area contributed by atoms with E-state index in [1.165, 1.54) is 0 Å². The number of urea groups is 1. The van der Waals surface area contributed by atoms with Gasteiger partial charge in [0.15, 0.2) is 0 Å². The van der Waals surface area contributed by atoms with Crippen LogP contribution in [0.2, 0.25) is 0 Å². The van der Waals surface area contributed by atoms with Crippen molar-refractivity contribution in [1.82, 2.24) is 4.90 Å². The van der Waals surface area contributed by atoms with E-state index in [-0.39, 0.29) is 12.1 Å². The first-order valence-corrected chi connectivity index (χ1v) is 6.33. The maximum absolute atomic E-state index is 12.1. The van der Waals surface area contributed by atoms with Crippen LogP contribution in [0.25, 0.3) is 11.0 Å². The summed E-state index contributed by atoms with van der Waals surface area (Å²) < 4.78 is 10.6. The molecule has 5 nitrogen and oxygen atoms in total. The minimum absolute atomic E-state index is 0.124. The number of hydrogen-bond donors (Lipinski definition) is 1. The summed E-state index contributed by atoms with van der Waals surface area (Å²) >= 11 is 0. The number of rotatable bonds is 2. The molecule has 0 saturated carbocycles. The van der Waals surface area contributed by atoms with Crippen molar-refractivity contribution in [3.05, 3.63) is 30.5 Å². The number of nitrogens with zero attached hydrogens (tertiary/aromatic N) is 1. The zero-order valence-corrected chi connectivity index (χ0v) is 10.8. The smallest absolute Gasteiger partial charge is 0.321 e. The quantitative estimate of drug-likeness (QED) is 0.903. The number of carbonyl (C=O) groups is 1. The molecule has 1 fully saturated rings. The second-order valence-electron chi connectivity index (χ2n) is 4.73. The van der Waals surface area contributed by atoms with E-state index in [2.05, 4.69) is 5.32 Å². The second-order valence-corrected chi connectivity index (χ2v) is 4.73. The lowest BCUT2D eigenvalue weighted by atomic mass is 10.2. The lowest BCUT2D eigenvalue weighted by Gasteiger charge is -2.23. The predicted octanol–water partition coefficient (Wildman–Crippen LogP) is 2.69. The summed E-state index contributed by atoms with van der Waals surface area (Å²) in [6, 6.07) is 7.55. The van der Waals surface area contributed by atoms with Crippen LogP contribution in [0.1, 0.15) is 6.42 Å². The van der Waals surface area contributed by atoms with Gasteiger partial charge < -0.3 is 19.4 Å². The Morgan fingerprint density at radius 1 is 1.42 bits per heavy atom. The highest BCUT2D eigenvalue weighted by Crippen LogP contribution is 2.20. The summed E-state index contributed by atoms with van der Waals surface area (Å²) in [4.78, 5) is 13.8. The molecule has 1 aromatic heterocycles. The number of hydrogen-bond acceptors (Lipinski definition) is 3. The van der Waals surface area contributed by atoms with Crippen molar-refractivity contribution >= 4 is 22.7 Å². The number of benzene rings is 1. The van der Waals surface area contributed by atoms with Crippen molar-refractivity contribution in [1.29, 1.82) is 0 Å². The normalized spacial score (nSPS) is 18.7. The Morgan fingerprint density at radius 3 is 3.11 bits per heavy atom. The number of likely N-dealkylation sites (N-methyl/N-ethyl adjacent to an activating group) is 1. The topological polar surface area (TPSA) is 54.7 Å². The lowest BCUT2D eigenvalue weighted by Crippen LogP contribution is -2.40. The van der Waals surface area contributed by atoms with Gasteiger partial charge in [0.25, 0.3) is 0 Å². The van der Waals surface area contributed by atoms with Gasteiger partial charge in [0.1, 0.15) is 5.58 Å². The summed E-state index contributed by atoms with van der Waals surface area (Å²) in [5.74, 6) is 0. The van der Waals surface area contributed by atoms with Crippen LogP contribution < -0.4 is 5.32 Å². The molecule has 1 aliphatic rings. The fraction of sp³-hybridized carbons (Fsp3) is 0.357. The van der Waals surface area contributed by atoms with E-state index in [1.807, 2.05) is 24.3 Å². The van der Waals surface area contributed by atoms with E-state index in [9.17, 15) is 4.79 Å². The predicted molar refractivity (Wildman–Crippen MR) is 72.2 cm³/mol. The number of furan rings is 1. The van der Waals surface area contributed by atoms with Gasteiger partial charge in [0.05, 0.1) is 18.9 Å². The number of ether oxygens (including phenoxy) is 1. The third-order valence-corrected chi connectivity index (χ3v) is 3.48. The molecule has 1 aliphatic heterocycles. The first-order valence-electron chi connectivity index (χ1n) is 6.33. The van der Waals surface area contributed by atoms with E-state index in [0.717, 1.165) is 29.7 Å². The molecule has 2 heterocycles. The minimum atomic E-state index is -0.124. The largest absolute Gasteiger partial charge is 0.464 e. The SMILES string of the molecule is CN(C(=O)Nc1ccc2ccoc2c1)C1CCOC1. The Balaban J connectivity index is 1.70. The molecule has 1 atom stereocenters. The molecular formula is C14H16N2O3. The fourth-order valence-electron chi connectivity index (χ4n) is 2.24. The van der Waals surface area contributed by atoms with Crippen molar-refractivity contribution in [2.75, 3.05) is 25.6 Å². The Labute approximate surface area is 111 Å². The monoisotopic (exact) mass is 260 g/mol. The Hall–Kier alpha value is -2.01. The molecule has 0 aliphatic carbocycles. The highest BCUT2D eigenvalue weighted by Gasteiger charge is 2.24. The van der Waals surface area contributed by atoms with Gasteiger partial charge in [-0.2, -0.15) is 0 Å². The lowest BCUT2D eigenvalue weighted by molar-refractivity contribution is 0.164. The minimum Gasteiger partial charge on any atom is -0.464 e. The molecule has 1 saturated heterocycles. The van der Waals surface area contributed by atoms with Crippen LogP contribution in [0.4, 0.5) is 10.5 Å². The molecule has 1 aromatic carbocycles. The summed E-state index contributed by atoms with van der Waals surface area (Å²) in [7, 11) is 1.79. The van der Waals surface area contributed by atoms with Gasteiger partial charge in [-0.15, -0.1) is 0 Å². The van der Waals surface area contributed by atoms with Crippen LogP contribution >= 0.6 is 0 Å². The van der Waals surface area contributed by atoms with Gasteiger partial charge in [-0.1, -0.05) is 0 Å². The van der Waals surface area contributed by atoms with Crippen LogP contribution in [0.3, 0.4) is 0 Å². The summed E-state index contributed by atoms with van der Waals surface area (Å²) in [5, 5.41) is 3.90. The summed E-state index contributed by atoms with van der Waals surface area (Å²) in [5.41, 5.74) is 1.50. The standard InChI is InChI=1S/C14H16N2O3/c1-16(12-5-6-18-9-12)14(17)15-11-3-2-10-4-7-19-13(10)8-11/h2-4,7-8,12H,5-6,9H2,1H3,(H,15,17). The third kappa shape index (κ3) is 2.42. The molecule has 1 N–H and O–H groups in total. The van der Waals surface area contributed by atoms with Crippen LogP contribution in [0, 0.1) is 0 Å². The molecule has 0 bridgehead atoms. The molecule has 0 radical (unpaired) electrons. The molecule has 1 unspecified atom stereocenters.